The first-order valence-electron chi connectivity index (χ1n) is 4.17. The second-order valence-electron chi connectivity index (χ2n) is 2.87. The zero-order valence-corrected chi connectivity index (χ0v) is 9.27. The van der Waals surface area contributed by atoms with E-state index in [-0.39, 0.29) is 28.7 Å². The Morgan fingerprint density at radius 1 is 1.40 bits per heavy atom. The number of carbonyl (C=O) groups is 1. The highest BCUT2D eigenvalue weighted by Gasteiger charge is 2.13. The minimum absolute atomic E-state index is 0.115. The fourth-order valence-electron chi connectivity index (χ4n) is 1.06. The number of ketones is 1. The Hall–Kier alpha value is -1.21. The Morgan fingerprint density at radius 3 is 2.60 bits per heavy atom. The maximum Gasteiger partial charge on any atom is 0.165 e. The van der Waals surface area contributed by atoms with Crippen LogP contribution in [0.1, 0.15) is 23.2 Å². The Kier molecular flexibility index (Phi) is 3.98. The number of halogens is 3. The predicted octanol–water partition coefficient (Wildman–Crippen LogP) is 3.32. The summed E-state index contributed by atoms with van der Waals surface area (Å²) in [4.78, 5) is 11.5. The number of hydrogen-bond donors (Lipinski definition) is 0. The molecular formula is C11H7BrF2O. The van der Waals surface area contributed by atoms with Gasteiger partial charge in [0.1, 0.15) is 0 Å². The molecule has 1 nitrogen and oxygen atoms in total. The molecule has 15 heavy (non-hydrogen) atoms. The minimum Gasteiger partial charge on any atom is -0.294 e. The van der Waals surface area contributed by atoms with Crippen LogP contribution in [0.4, 0.5) is 8.78 Å². The van der Waals surface area contributed by atoms with Crippen LogP contribution in [0.2, 0.25) is 0 Å². The summed E-state index contributed by atoms with van der Waals surface area (Å²) in [5.74, 6) is -0.0269. The first-order chi connectivity index (χ1) is 7.06. The Balaban J connectivity index is 3.00. The molecule has 0 atom stereocenters. The molecule has 0 bridgehead atoms. The first kappa shape index (κ1) is 11.9. The van der Waals surface area contributed by atoms with Gasteiger partial charge < -0.3 is 0 Å². The van der Waals surface area contributed by atoms with Crippen LogP contribution < -0.4 is 0 Å². The number of benzene rings is 1. The highest BCUT2D eigenvalue weighted by atomic mass is 79.9. The number of hydrogen-bond acceptors (Lipinski definition) is 1. The lowest BCUT2D eigenvalue weighted by Gasteiger charge is -2.03. The minimum atomic E-state index is -1.04. The maximum atomic E-state index is 12.9. The van der Waals surface area contributed by atoms with Crippen LogP contribution in [0, 0.1) is 24.0 Å². The lowest BCUT2D eigenvalue weighted by molar-refractivity contribution is 0.0983. The van der Waals surface area contributed by atoms with Crippen LogP contribution in [-0.2, 0) is 0 Å². The normalized spacial score (nSPS) is 9.73. The highest BCUT2D eigenvalue weighted by molar-refractivity contribution is 9.10. The molecule has 0 amide bonds. The third-order valence-electron chi connectivity index (χ3n) is 1.81. The van der Waals surface area contributed by atoms with Crippen LogP contribution in [0.5, 0.6) is 0 Å². The molecule has 0 spiro atoms. The largest absolute Gasteiger partial charge is 0.294 e. The molecule has 0 heterocycles. The molecule has 1 rings (SSSR count). The summed E-state index contributed by atoms with van der Waals surface area (Å²) >= 11 is 2.99. The molecule has 0 aliphatic rings. The van der Waals surface area contributed by atoms with Gasteiger partial charge in [0.15, 0.2) is 17.4 Å². The summed E-state index contributed by atoms with van der Waals surface area (Å²) in [6.45, 7) is 0. The van der Waals surface area contributed by atoms with Crippen molar-refractivity contribution in [1.82, 2.24) is 0 Å². The topological polar surface area (TPSA) is 17.1 Å². The van der Waals surface area contributed by atoms with Gasteiger partial charge >= 0.3 is 0 Å². The van der Waals surface area contributed by atoms with E-state index in [1.54, 1.807) is 0 Å². The second kappa shape index (κ2) is 5.04. The molecule has 0 radical (unpaired) electrons. The van der Waals surface area contributed by atoms with Gasteiger partial charge in [0.05, 0.1) is 0 Å². The fourth-order valence-corrected chi connectivity index (χ4v) is 1.59. The monoisotopic (exact) mass is 272 g/mol. The SMILES string of the molecule is C#CCCC(=O)c1cc(F)c(F)cc1Br. The van der Waals surface area contributed by atoms with Crippen LogP contribution in [0.25, 0.3) is 0 Å². The summed E-state index contributed by atoms with van der Waals surface area (Å²) in [5.41, 5.74) is 0.115. The molecule has 0 aliphatic heterocycles. The Morgan fingerprint density at radius 2 is 2.00 bits per heavy atom. The lowest BCUT2D eigenvalue weighted by Crippen LogP contribution is -2.01. The zero-order valence-electron chi connectivity index (χ0n) is 7.69. The molecule has 0 N–H and O–H groups in total. The lowest BCUT2D eigenvalue weighted by atomic mass is 10.1. The second-order valence-corrected chi connectivity index (χ2v) is 3.73. The summed E-state index contributed by atoms with van der Waals surface area (Å²) < 4.78 is 25.8. The molecule has 0 aromatic heterocycles. The van der Waals surface area contributed by atoms with Crippen LogP contribution in [0.15, 0.2) is 16.6 Å². The third-order valence-corrected chi connectivity index (χ3v) is 2.46. The van der Waals surface area contributed by atoms with Gasteiger partial charge in [-0.3, -0.25) is 4.79 Å². The van der Waals surface area contributed by atoms with Crippen LogP contribution in [0.3, 0.4) is 0 Å². The van der Waals surface area contributed by atoms with E-state index >= 15 is 0 Å². The van der Waals surface area contributed by atoms with Gasteiger partial charge in [-0.2, -0.15) is 0 Å². The number of terminal acetylenes is 1. The van der Waals surface area contributed by atoms with Crippen molar-refractivity contribution in [2.45, 2.75) is 12.8 Å². The molecule has 1 aromatic carbocycles. The maximum absolute atomic E-state index is 12.9. The number of rotatable bonds is 3. The zero-order chi connectivity index (χ0) is 11.4. The van der Waals surface area contributed by atoms with E-state index in [4.69, 9.17) is 6.42 Å². The van der Waals surface area contributed by atoms with E-state index in [0.717, 1.165) is 12.1 Å². The molecule has 78 valence electrons. The molecule has 4 heteroatoms. The van der Waals surface area contributed by atoms with E-state index in [9.17, 15) is 13.6 Å². The Labute approximate surface area is 94.6 Å². The first-order valence-corrected chi connectivity index (χ1v) is 4.96. The predicted molar refractivity (Wildman–Crippen MR) is 56.5 cm³/mol. The average molecular weight is 273 g/mol. The van der Waals surface area contributed by atoms with Crippen molar-refractivity contribution < 1.29 is 13.6 Å². The van der Waals surface area contributed by atoms with Crippen molar-refractivity contribution in [3.05, 3.63) is 33.8 Å². The van der Waals surface area contributed by atoms with Crippen molar-refractivity contribution in [3.63, 3.8) is 0 Å². The van der Waals surface area contributed by atoms with Gasteiger partial charge in [-0.25, -0.2) is 8.78 Å². The highest BCUT2D eigenvalue weighted by Crippen LogP contribution is 2.22. The van der Waals surface area contributed by atoms with E-state index < -0.39 is 11.6 Å². The molecular weight excluding hydrogens is 266 g/mol. The van der Waals surface area contributed by atoms with Gasteiger partial charge in [0.25, 0.3) is 0 Å². The van der Waals surface area contributed by atoms with Gasteiger partial charge in [0.2, 0.25) is 0 Å². The summed E-state index contributed by atoms with van der Waals surface area (Å²) in [6, 6.07) is 1.80. The quantitative estimate of drug-likeness (QED) is 0.469. The average Bonchev–Trinajstić information content (AvgIpc) is 2.20. The standard InChI is InChI=1S/C11H7BrF2O/c1-2-3-4-11(15)7-5-9(13)10(14)6-8(7)12/h1,5-6H,3-4H2. The molecule has 0 saturated carbocycles. The molecule has 0 fully saturated rings. The molecule has 0 aliphatic carbocycles. The smallest absolute Gasteiger partial charge is 0.165 e. The number of carbonyl (C=O) groups excluding carboxylic acids is 1. The van der Waals surface area contributed by atoms with Gasteiger partial charge in [-0.05, 0) is 28.1 Å². The van der Waals surface area contributed by atoms with Crippen molar-refractivity contribution in [3.8, 4) is 12.3 Å². The van der Waals surface area contributed by atoms with Gasteiger partial charge in [-0.15, -0.1) is 12.3 Å². The number of Topliss-reactive ketones (excluding diaryl/α,β-unsaturated/α-hetero) is 1. The summed E-state index contributed by atoms with van der Waals surface area (Å²) in [6.07, 6.45) is 5.41. The molecule has 0 saturated heterocycles. The van der Waals surface area contributed by atoms with Crippen molar-refractivity contribution in [2.24, 2.45) is 0 Å². The van der Waals surface area contributed by atoms with Gasteiger partial charge in [0, 0.05) is 22.9 Å². The summed E-state index contributed by atoms with van der Waals surface area (Å²) in [7, 11) is 0. The Bertz CT molecular complexity index is 435. The van der Waals surface area contributed by atoms with Gasteiger partial charge in [-0.1, -0.05) is 0 Å². The van der Waals surface area contributed by atoms with Crippen LogP contribution >= 0.6 is 15.9 Å². The van der Waals surface area contributed by atoms with Crippen LogP contribution in [-0.4, -0.2) is 5.78 Å². The third kappa shape index (κ3) is 2.87. The molecule has 0 unspecified atom stereocenters. The fraction of sp³-hybridized carbons (Fsp3) is 0.182. The van der Waals surface area contributed by atoms with E-state index in [0.29, 0.717) is 0 Å². The van der Waals surface area contributed by atoms with Crippen molar-refractivity contribution >= 4 is 21.7 Å². The van der Waals surface area contributed by atoms with E-state index in [1.807, 2.05) is 0 Å². The summed E-state index contributed by atoms with van der Waals surface area (Å²) in [5, 5.41) is 0. The van der Waals surface area contributed by atoms with Crippen molar-refractivity contribution in [1.29, 1.82) is 0 Å². The van der Waals surface area contributed by atoms with E-state index in [2.05, 4.69) is 21.9 Å². The van der Waals surface area contributed by atoms with E-state index in [1.165, 1.54) is 0 Å². The molecule has 1 aromatic rings. The van der Waals surface area contributed by atoms with Crippen molar-refractivity contribution in [2.75, 3.05) is 0 Å².